The van der Waals surface area contributed by atoms with Crippen LogP contribution in [-0.2, 0) is 16.5 Å². The first-order valence-corrected chi connectivity index (χ1v) is 5.06. The number of carbonyl (C=O) groups excluding carboxylic acids is 1. The zero-order valence-electron chi connectivity index (χ0n) is 10.1. The Morgan fingerprint density at radius 1 is 1.44 bits per heavy atom. The average molecular weight is 226 g/mol. The van der Waals surface area contributed by atoms with Crippen molar-refractivity contribution in [1.82, 2.24) is 9.88 Å². The highest BCUT2D eigenvalue weighted by atomic mass is 16.7. The molecule has 1 amide bonds. The van der Waals surface area contributed by atoms with Crippen molar-refractivity contribution in [2.24, 2.45) is 7.05 Å². The summed E-state index contributed by atoms with van der Waals surface area (Å²) in [6.07, 6.45) is -0.412. The van der Waals surface area contributed by atoms with Crippen molar-refractivity contribution in [2.45, 2.75) is 13.2 Å². The van der Waals surface area contributed by atoms with E-state index >= 15 is 0 Å². The number of aromatic nitrogens is 1. The Bertz CT molecular complexity index is 356. The van der Waals surface area contributed by atoms with E-state index < -0.39 is 6.29 Å². The number of rotatable bonds is 5. The molecule has 0 aliphatic heterocycles. The van der Waals surface area contributed by atoms with Crippen LogP contribution in [0.3, 0.4) is 0 Å². The van der Waals surface area contributed by atoms with Crippen molar-refractivity contribution in [1.29, 1.82) is 0 Å². The molecule has 16 heavy (non-hydrogen) atoms. The molecule has 5 nitrogen and oxygen atoms in total. The molecule has 0 saturated carbocycles. The van der Waals surface area contributed by atoms with Crippen LogP contribution in [0.25, 0.3) is 0 Å². The summed E-state index contributed by atoms with van der Waals surface area (Å²) >= 11 is 0. The van der Waals surface area contributed by atoms with E-state index in [1.54, 1.807) is 6.07 Å². The zero-order valence-corrected chi connectivity index (χ0v) is 10.1. The molecule has 0 aromatic carbocycles. The molecular formula is C11H18N2O3. The van der Waals surface area contributed by atoms with Gasteiger partial charge in [0, 0.05) is 27.0 Å². The molecule has 0 radical (unpaired) electrons. The smallest absolute Gasteiger partial charge is 0.268 e. The Kier molecular flexibility index (Phi) is 4.52. The van der Waals surface area contributed by atoms with Crippen molar-refractivity contribution in [3.05, 3.63) is 23.5 Å². The van der Waals surface area contributed by atoms with Gasteiger partial charge >= 0.3 is 0 Å². The molecule has 1 rings (SSSR count). The summed E-state index contributed by atoms with van der Waals surface area (Å²) < 4.78 is 11.8. The number of ether oxygens (including phenoxy) is 2. The standard InChI is InChI=1S/C11H18N2O3/c1-8-5-6-9(13(8)2)11(14)12-7-10(15-3)16-4/h5-6,10H,7H2,1-4H3,(H,12,14). The van der Waals surface area contributed by atoms with Crippen molar-refractivity contribution in [3.8, 4) is 0 Å². The molecule has 0 fully saturated rings. The molecule has 0 aliphatic carbocycles. The van der Waals surface area contributed by atoms with Crippen LogP contribution in [0.1, 0.15) is 16.2 Å². The predicted octanol–water partition coefficient (Wildman–Crippen LogP) is 0.682. The third-order valence-corrected chi connectivity index (χ3v) is 2.56. The molecular weight excluding hydrogens is 208 g/mol. The molecule has 0 bridgehead atoms. The van der Waals surface area contributed by atoms with Gasteiger partial charge < -0.3 is 19.4 Å². The molecule has 1 heterocycles. The van der Waals surface area contributed by atoms with Gasteiger partial charge in [-0.05, 0) is 19.1 Å². The number of nitrogens with one attached hydrogen (secondary N) is 1. The Morgan fingerprint density at radius 3 is 2.50 bits per heavy atom. The van der Waals surface area contributed by atoms with E-state index in [1.807, 2.05) is 24.6 Å². The molecule has 0 aliphatic rings. The van der Waals surface area contributed by atoms with Gasteiger partial charge in [-0.2, -0.15) is 0 Å². The number of hydrogen-bond donors (Lipinski definition) is 1. The van der Waals surface area contributed by atoms with Crippen LogP contribution in [-0.4, -0.2) is 37.5 Å². The SMILES string of the molecule is COC(CNC(=O)c1ccc(C)n1C)OC. The van der Waals surface area contributed by atoms with Gasteiger partial charge in [0.05, 0.1) is 6.54 Å². The minimum atomic E-state index is -0.412. The molecule has 0 unspecified atom stereocenters. The second-order valence-corrected chi connectivity index (χ2v) is 3.53. The van der Waals surface area contributed by atoms with Gasteiger partial charge in [-0.15, -0.1) is 0 Å². The van der Waals surface area contributed by atoms with E-state index in [1.165, 1.54) is 14.2 Å². The summed E-state index contributed by atoms with van der Waals surface area (Å²) in [5.41, 5.74) is 1.67. The van der Waals surface area contributed by atoms with Crippen LogP contribution < -0.4 is 5.32 Å². The van der Waals surface area contributed by atoms with E-state index in [0.29, 0.717) is 12.2 Å². The average Bonchev–Trinajstić information content (AvgIpc) is 2.61. The van der Waals surface area contributed by atoms with Crippen LogP contribution in [0.5, 0.6) is 0 Å². The van der Waals surface area contributed by atoms with Crippen molar-refractivity contribution in [2.75, 3.05) is 20.8 Å². The molecule has 1 aromatic heterocycles. The van der Waals surface area contributed by atoms with E-state index in [4.69, 9.17) is 9.47 Å². The first-order chi connectivity index (χ1) is 7.60. The Balaban J connectivity index is 2.56. The van der Waals surface area contributed by atoms with E-state index in [0.717, 1.165) is 5.69 Å². The maximum absolute atomic E-state index is 11.8. The molecule has 1 N–H and O–H groups in total. The fraction of sp³-hybridized carbons (Fsp3) is 0.545. The van der Waals surface area contributed by atoms with Gasteiger partial charge in [0.2, 0.25) is 0 Å². The van der Waals surface area contributed by atoms with E-state index in [2.05, 4.69) is 5.32 Å². The summed E-state index contributed by atoms with van der Waals surface area (Å²) in [6.45, 7) is 2.28. The first kappa shape index (κ1) is 12.7. The van der Waals surface area contributed by atoms with Gasteiger partial charge in [-0.3, -0.25) is 4.79 Å². The Hall–Kier alpha value is -1.33. The molecule has 5 heteroatoms. The molecule has 0 saturated heterocycles. The summed E-state index contributed by atoms with van der Waals surface area (Å²) in [5.74, 6) is -0.130. The summed E-state index contributed by atoms with van der Waals surface area (Å²) in [7, 11) is 4.92. The van der Waals surface area contributed by atoms with Crippen molar-refractivity contribution >= 4 is 5.91 Å². The number of carbonyl (C=O) groups is 1. The van der Waals surface area contributed by atoms with Crippen LogP contribution in [0.2, 0.25) is 0 Å². The highest BCUT2D eigenvalue weighted by Crippen LogP contribution is 2.05. The van der Waals surface area contributed by atoms with E-state index in [-0.39, 0.29) is 5.91 Å². The topological polar surface area (TPSA) is 52.5 Å². The number of hydrogen-bond acceptors (Lipinski definition) is 3. The molecule has 0 spiro atoms. The maximum Gasteiger partial charge on any atom is 0.268 e. The summed E-state index contributed by atoms with van der Waals surface area (Å²) in [4.78, 5) is 11.8. The lowest BCUT2D eigenvalue weighted by atomic mass is 10.4. The zero-order chi connectivity index (χ0) is 12.1. The van der Waals surface area contributed by atoms with Gasteiger partial charge in [-0.25, -0.2) is 0 Å². The maximum atomic E-state index is 11.8. The number of methoxy groups -OCH3 is 2. The van der Waals surface area contributed by atoms with Crippen LogP contribution in [0.15, 0.2) is 12.1 Å². The molecule has 0 atom stereocenters. The lowest BCUT2D eigenvalue weighted by Crippen LogP contribution is -2.35. The molecule has 90 valence electrons. The molecule has 1 aromatic rings. The number of amides is 1. The van der Waals surface area contributed by atoms with Gasteiger partial charge in [-0.1, -0.05) is 0 Å². The predicted molar refractivity (Wildman–Crippen MR) is 60.3 cm³/mol. The van der Waals surface area contributed by atoms with E-state index in [9.17, 15) is 4.79 Å². The van der Waals surface area contributed by atoms with Crippen LogP contribution in [0.4, 0.5) is 0 Å². The van der Waals surface area contributed by atoms with Crippen molar-refractivity contribution < 1.29 is 14.3 Å². The van der Waals surface area contributed by atoms with Gasteiger partial charge in [0.15, 0.2) is 6.29 Å². The highest BCUT2D eigenvalue weighted by Gasteiger charge is 2.12. The van der Waals surface area contributed by atoms with Gasteiger partial charge in [0.25, 0.3) is 5.91 Å². The van der Waals surface area contributed by atoms with Gasteiger partial charge in [0.1, 0.15) is 5.69 Å². The monoisotopic (exact) mass is 226 g/mol. The van der Waals surface area contributed by atoms with Crippen LogP contribution >= 0.6 is 0 Å². The van der Waals surface area contributed by atoms with Crippen LogP contribution in [0, 0.1) is 6.92 Å². The third-order valence-electron chi connectivity index (χ3n) is 2.56. The summed E-state index contributed by atoms with van der Waals surface area (Å²) in [5, 5.41) is 2.75. The minimum Gasteiger partial charge on any atom is -0.354 e. The number of aryl methyl sites for hydroxylation is 1. The number of nitrogens with zero attached hydrogens (tertiary/aromatic N) is 1. The third kappa shape index (κ3) is 2.84. The largest absolute Gasteiger partial charge is 0.354 e. The fourth-order valence-electron chi connectivity index (χ4n) is 1.37. The van der Waals surface area contributed by atoms with Crippen molar-refractivity contribution in [3.63, 3.8) is 0 Å². The fourth-order valence-corrected chi connectivity index (χ4v) is 1.37. The second kappa shape index (κ2) is 5.67. The quantitative estimate of drug-likeness (QED) is 0.751. The highest BCUT2D eigenvalue weighted by molar-refractivity contribution is 5.92. The second-order valence-electron chi connectivity index (χ2n) is 3.53. The lowest BCUT2D eigenvalue weighted by Gasteiger charge is -2.14. The normalized spacial score (nSPS) is 10.8. The first-order valence-electron chi connectivity index (χ1n) is 5.06. The summed E-state index contributed by atoms with van der Waals surface area (Å²) in [6, 6.07) is 3.69. The minimum absolute atomic E-state index is 0.130. The Morgan fingerprint density at radius 2 is 2.06 bits per heavy atom. The lowest BCUT2D eigenvalue weighted by molar-refractivity contribution is -0.0974. The Labute approximate surface area is 95.3 Å².